The molecule has 5 heteroatoms. The van der Waals surface area contributed by atoms with Crippen LogP contribution in [0.5, 0.6) is 0 Å². The first-order valence-electron chi connectivity index (χ1n) is 5.03. The molecule has 0 fully saturated rings. The molecule has 2 aromatic heterocycles. The Morgan fingerprint density at radius 3 is 2.88 bits per heavy atom. The van der Waals surface area contributed by atoms with E-state index in [-0.39, 0.29) is 0 Å². The van der Waals surface area contributed by atoms with Crippen LogP contribution >= 0.6 is 22.9 Å². The molecule has 0 spiro atoms. The molecule has 0 saturated carbocycles. The molecule has 2 aromatic rings. The monoisotopic (exact) mass is 253 g/mol. The Hall–Kier alpha value is -1.13. The predicted octanol–water partition coefficient (Wildman–Crippen LogP) is 3.60. The number of aromatic nitrogens is 2. The molecule has 0 atom stereocenters. The lowest BCUT2D eigenvalue weighted by Crippen LogP contribution is -2.02. The topological polar surface area (TPSA) is 37.8 Å². The highest BCUT2D eigenvalue weighted by Gasteiger charge is 2.08. The molecular weight excluding hydrogens is 242 g/mol. The van der Waals surface area contributed by atoms with Crippen LogP contribution in [0.25, 0.3) is 10.6 Å². The van der Waals surface area contributed by atoms with E-state index in [1.54, 1.807) is 11.3 Å². The SMILES string of the molecule is CCNc1cc(-c2sccc2Cl)nc(C)n1. The quantitative estimate of drug-likeness (QED) is 0.908. The van der Waals surface area contributed by atoms with Crippen molar-refractivity contribution in [1.29, 1.82) is 0 Å². The fourth-order valence-electron chi connectivity index (χ4n) is 1.43. The van der Waals surface area contributed by atoms with Crippen molar-refractivity contribution in [2.75, 3.05) is 11.9 Å². The number of anilines is 1. The van der Waals surface area contributed by atoms with Gasteiger partial charge in [0.1, 0.15) is 11.6 Å². The van der Waals surface area contributed by atoms with Gasteiger partial charge in [-0.15, -0.1) is 11.3 Å². The van der Waals surface area contributed by atoms with Gasteiger partial charge in [-0.3, -0.25) is 0 Å². The van der Waals surface area contributed by atoms with E-state index >= 15 is 0 Å². The van der Waals surface area contributed by atoms with E-state index < -0.39 is 0 Å². The molecule has 3 nitrogen and oxygen atoms in total. The summed E-state index contributed by atoms with van der Waals surface area (Å²) in [5.41, 5.74) is 0.878. The summed E-state index contributed by atoms with van der Waals surface area (Å²) in [5.74, 6) is 1.59. The minimum absolute atomic E-state index is 0.741. The van der Waals surface area contributed by atoms with Gasteiger partial charge in [-0.25, -0.2) is 9.97 Å². The van der Waals surface area contributed by atoms with E-state index in [1.807, 2.05) is 31.4 Å². The number of rotatable bonds is 3. The zero-order valence-electron chi connectivity index (χ0n) is 9.12. The van der Waals surface area contributed by atoms with Crippen LogP contribution in [0.2, 0.25) is 5.02 Å². The van der Waals surface area contributed by atoms with Gasteiger partial charge in [0.25, 0.3) is 0 Å². The predicted molar refractivity (Wildman–Crippen MR) is 69.3 cm³/mol. The van der Waals surface area contributed by atoms with Crippen LogP contribution in [0.3, 0.4) is 0 Å². The van der Waals surface area contributed by atoms with Gasteiger partial charge in [-0.1, -0.05) is 11.6 Å². The highest BCUT2D eigenvalue weighted by Crippen LogP contribution is 2.32. The molecule has 0 aliphatic heterocycles. The summed E-state index contributed by atoms with van der Waals surface area (Å²) in [5, 5.41) is 5.88. The highest BCUT2D eigenvalue weighted by atomic mass is 35.5. The van der Waals surface area contributed by atoms with E-state index in [0.717, 1.165) is 33.8 Å². The molecule has 0 radical (unpaired) electrons. The third-order valence-electron chi connectivity index (χ3n) is 2.05. The van der Waals surface area contributed by atoms with E-state index in [0.29, 0.717) is 0 Å². The second-order valence-electron chi connectivity index (χ2n) is 3.31. The van der Waals surface area contributed by atoms with Crippen molar-refractivity contribution in [2.45, 2.75) is 13.8 Å². The van der Waals surface area contributed by atoms with Crippen LogP contribution in [-0.4, -0.2) is 16.5 Å². The summed E-state index contributed by atoms with van der Waals surface area (Å²) in [6.45, 7) is 4.76. The average molecular weight is 254 g/mol. The Bertz CT molecular complexity index is 496. The molecular formula is C11H12ClN3S. The van der Waals surface area contributed by atoms with Gasteiger partial charge in [0.2, 0.25) is 0 Å². The smallest absolute Gasteiger partial charge is 0.130 e. The standard InChI is InChI=1S/C11H12ClN3S/c1-3-13-10-6-9(14-7(2)15-10)11-8(12)4-5-16-11/h4-6H,3H2,1-2H3,(H,13,14,15). The van der Waals surface area contributed by atoms with Crippen LogP contribution in [0.4, 0.5) is 5.82 Å². The molecule has 0 aliphatic rings. The Labute approximate surface area is 104 Å². The molecule has 2 rings (SSSR count). The summed E-state index contributed by atoms with van der Waals surface area (Å²) in [6.07, 6.45) is 0. The molecule has 2 heterocycles. The van der Waals surface area contributed by atoms with Crippen LogP contribution in [0.1, 0.15) is 12.7 Å². The number of nitrogens with one attached hydrogen (secondary N) is 1. The molecule has 16 heavy (non-hydrogen) atoms. The van der Waals surface area contributed by atoms with Crippen LogP contribution in [-0.2, 0) is 0 Å². The van der Waals surface area contributed by atoms with Gasteiger partial charge in [0.15, 0.2) is 0 Å². The van der Waals surface area contributed by atoms with E-state index in [9.17, 15) is 0 Å². The number of hydrogen-bond donors (Lipinski definition) is 1. The normalized spacial score (nSPS) is 10.4. The molecule has 84 valence electrons. The lowest BCUT2D eigenvalue weighted by atomic mass is 10.3. The van der Waals surface area contributed by atoms with Crippen molar-refractivity contribution in [3.63, 3.8) is 0 Å². The second kappa shape index (κ2) is 4.80. The number of nitrogens with zero attached hydrogens (tertiary/aromatic N) is 2. The first kappa shape index (κ1) is 11.4. The van der Waals surface area contributed by atoms with Crippen LogP contribution < -0.4 is 5.32 Å². The van der Waals surface area contributed by atoms with Gasteiger partial charge in [-0.05, 0) is 25.3 Å². The zero-order chi connectivity index (χ0) is 11.5. The lowest BCUT2D eigenvalue weighted by Gasteiger charge is -2.05. The second-order valence-corrected chi connectivity index (χ2v) is 4.64. The van der Waals surface area contributed by atoms with Crippen molar-refractivity contribution < 1.29 is 0 Å². The number of halogens is 1. The summed E-state index contributed by atoms with van der Waals surface area (Å²) in [6, 6.07) is 3.81. The number of hydrogen-bond acceptors (Lipinski definition) is 4. The van der Waals surface area contributed by atoms with Gasteiger partial charge >= 0.3 is 0 Å². The third kappa shape index (κ3) is 2.33. The van der Waals surface area contributed by atoms with Crippen LogP contribution in [0.15, 0.2) is 17.5 Å². The first-order valence-corrected chi connectivity index (χ1v) is 6.29. The Balaban J connectivity index is 2.45. The molecule has 0 unspecified atom stereocenters. The lowest BCUT2D eigenvalue weighted by molar-refractivity contribution is 1.04. The van der Waals surface area contributed by atoms with E-state index in [2.05, 4.69) is 15.3 Å². The van der Waals surface area contributed by atoms with Crippen molar-refractivity contribution in [3.8, 4) is 10.6 Å². The summed E-state index contributed by atoms with van der Waals surface area (Å²) < 4.78 is 0. The Kier molecular flexibility index (Phi) is 3.41. The maximum atomic E-state index is 6.09. The maximum Gasteiger partial charge on any atom is 0.130 e. The van der Waals surface area contributed by atoms with Crippen molar-refractivity contribution in [1.82, 2.24) is 9.97 Å². The first-order chi connectivity index (χ1) is 7.70. The van der Waals surface area contributed by atoms with Gasteiger partial charge in [0.05, 0.1) is 15.6 Å². The molecule has 0 aliphatic carbocycles. The summed E-state index contributed by atoms with van der Waals surface area (Å²) >= 11 is 7.67. The van der Waals surface area contributed by atoms with Gasteiger partial charge < -0.3 is 5.32 Å². The largest absolute Gasteiger partial charge is 0.370 e. The minimum Gasteiger partial charge on any atom is -0.370 e. The molecule has 1 N–H and O–H groups in total. The van der Waals surface area contributed by atoms with Crippen LogP contribution in [0, 0.1) is 6.92 Å². The van der Waals surface area contributed by atoms with E-state index in [1.165, 1.54) is 0 Å². The Morgan fingerprint density at radius 2 is 2.25 bits per heavy atom. The number of thiophene rings is 1. The maximum absolute atomic E-state index is 6.09. The van der Waals surface area contributed by atoms with Gasteiger partial charge in [-0.2, -0.15) is 0 Å². The summed E-state index contributed by atoms with van der Waals surface area (Å²) in [4.78, 5) is 9.69. The van der Waals surface area contributed by atoms with Gasteiger partial charge in [0, 0.05) is 12.6 Å². The fraction of sp³-hybridized carbons (Fsp3) is 0.273. The fourth-order valence-corrected chi connectivity index (χ4v) is 2.55. The Morgan fingerprint density at radius 1 is 1.44 bits per heavy atom. The average Bonchev–Trinajstić information content (AvgIpc) is 2.64. The molecule has 0 saturated heterocycles. The molecule has 0 bridgehead atoms. The van der Waals surface area contributed by atoms with E-state index in [4.69, 9.17) is 11.6 Å². The third-order valence-corrected chi connectivity index (χ3v) is 3.41. The summed E-state index contributed by atoms with van der Waals surface area (Å²) in [7, 11) is 0. The minimum atomic E-state index is 0.741. The van der Waals surface area contributed by atoms with Crippen molar-refractivity contribution in [2.24, 2.45) is 0 Å². The number of aryl methyl sites for hydroxylation is 1. The van der Waals surface area contributed by atoms with Crippen molar-refractivity contribution in [3.05, 3.63) is 28.4 Å². The highest BCUT2D eigenvalue weighted by molar-refractivity contribution is 7.14. The molecule has 0 amide bonds. The zero-order valence-corrected chi connectivity index (χ0v) is 10.7. The van der Waals surface area contributed by atoms with Crippen molar-refractivity contribution >= 4 is 28.8 Å². The molecule has 0 aromatic carbocycles.